The number of non-ortho nitro benzene ring substituents is 1. The van der Waals surface area contributed by atoms with Crippen molar-refractivity contribution in [1.29, 1.82) is 0 Å². The molecule has 4 aromatic carbocycles. The maximum absolute atomic E-state index is 14.7. The number of Topliss-reactive ketones (excluding diaryl/α,β-unsaturated/α-hetero) is 3. The zero-order chi connectivity index (χ0) is 29.3. The summed E-state index contributed by atoms with van der Waals surface area (Å²) in [4.78, 5) is 57.2. The minimum Gasteiger partial charge on any atom is -0.352 e. The Labute approximate surface area is 246 Å². The van der Waals surface area contributed by atoms with E-state index in [0.29, 0.717) is 21.8 Å². The fourth-order valence-corrected chi connectivity index (χ4v) is 7.22. The molecule has 42 heavy (non-hydrogen) atoms. The van der Waals surface area contributed by atoms with Crippen LogP contribution in [0, 0.1) is 22.5 Å². The fraction of sp³-hybridized carbons (Fsp3) is 0.147. The first kappa shape index (κ1) is 26.0. The minimum atomic E-state index is -1.74. The summed E-state index contributed by atoms with van der Waals surface area (Å²) in [5, 5.41) is 12.4. The van der Waals surface area contributed by atoms with Gasteiger partial charge in [-0.25, -0.2) is 0 Å². The van der Waals surface area contributed by atoms with Gasteiger partial charge in [-0.3, -0.25) is 24.5 Å². The summed E-state index contributed by atoms with van der Waals surface area (Å²) >= 11 is 6.34. The van der Waals surface area contributed by atoms with Crippen molar-refractivity contribution < 1.29 is 19.3 Å². The van der Waals surface area contributed by atoms with Gasteiger partial charge in [0.25, 0.3) is 5.69 Å². The van der Waals surface area contributed by atoms with Crippen molar-refractivity contribution >= 4 is 46.4 Å². The van der Waals surface area contributed by atoms with Crippen LogP contribution < -0.4 is 4.90 Å². The molecule has 1 fully saturated rings. The number of nitro benzene ring substituents is 1. The molecule has 0 aromatic heterocycles. The number of nitro groups is 1. The number of halogens is 1. The Morgan fingerprint density at radius 3 is 2.26 bits per heavy atom. The third-order valence-electron chi connectivity index (χ3n) is 8.81. The van der Waals surface area contributed by atoms with Crippen LogP contribution in [0.4, 0.5) is 11.4 Å². The number of fused-ring (bicyclic) bond motifs is 5. The third-order valence-corrected chi connectivity index (χ3v) is 9.05. The van der Waals surface area contributed by atoms with Crippen LogP contribution in [-0.4, -0.2) is 34.4 Å². The van der Waals surface area contributed by atoms with E-state index in [2.05, 4.69) is 0 Å². The molecule has 0 amide bonds. The summed E-state index contributed by atoms with van der Waals surface area (Å²) in [5.41, 5.74) is 1.81. The molecule has 2 heterocycles. The highest BCUT2D eigenvalue weighted by Gasteiger charge is 2.71. The molecule has 1 saturated heterocycles. The average Bonchev–Trinajstić information content (AvgIpc) is 3.43. The molecule has 7 nitrogen and oxygen atoms in total. The van der Waals surface area contributed by atoms with Gasteiger partial charge in [0.1, 0.15) is 11.5 Å². The molecule has 7 rings (SSSR count). The molecule has 0 radical (unpaired) electrons. The molecule has 0 N–H and O–H groups in total. The summed E-state index contributed by atoms with van der Waals surface area (Å²) in [6.45, 7) is 1.92. The smallest absolute Gasteiger partial charge is 0.269 e. The lowest BCUT2D eigenvalue weighted by atomic mass is 9.64. The van der Waals surface area contributed by atoms with E-state index in [1.54, 1.807) is 66.7 Å². The van der Waals surface area contributed by atoms with E-state index < -0.39 is 39.9 Å². The molecule has 0 unspecified atom stereocenters. The largest absolute Gasteiger partial charge is 0.352 e. The fourth-order valence-electron chi connectivity index (χ4n) is 7.04. The third kappa shape index (κ3) is 3.50. The van der Waals surface area contributed by atoms with Crippen LogP contribution in [0.15, 0.2) is 97.1 Å². The SMILES string of the molecule is Cc1ccc(C(=O)[C@@H]2[C@H](c3cccc([N+](=O)[O-])c3)C3(C(=O)c4ccccc4C3=O)[C@@H]3C=Cc4cc(Cl)ccc4N23)cc1. The lowest BCUT2D eigenvalue weighted by Gasteiger charge is -2.37. The maximum atomic E-state index is 14.7. The van der Waals surface area contributed by atoms with Gasteiger partial charge < -0.3 is 4.90 Å². The number of anilines is 1. The van der Waals surface area contributed by atoms with Crippen molar-refractivity contribution in [1.82, 2.24) is 0 Å². The van der Waals surface area contributed by atoms with Crippen LogP contribution in [0.25, 0.3) is 6.08 Å². The Balaban J connectivity index is 1.56. The molecule has 206 valence electrons. The number of aryl methyl sites for hydroxylation is 1. The highest BCUT2D eigenvalue weighted by atomic mass is 35.5. The maximum Gasteiger partial charge on any atom is 0.269 e. The Morgan fingerprint density at radius 1 is 0.905 bits per heavy atom. The van der Waals surface area contributed by atoms with Gasteiger partial charge in [-0.2, -0.15) is 0 Å². The lowest BCUT2D eigenvalue weighted by molar-refractivity contribution is -0.384. The van der Waals surface area contributed by atoms with Gasteiger partial charge >= 0.3 is 0 Å². The van der Waals surface area contributed by atoms with Crippen LogP contribution in [0.1, 0.15) is 53.7 Å². The Morgan fingerprint density at radius 2 is 1.60 bits per heavy atom. The molecule has 4 aromatic rings. The number of carbonyl (C=O) groups excluding carboxylic acids is 3. The average molecular weight is 575 g/mol. The van der Waals surface area contributed by atoms with Crippen molar-refractivity contribution in [2.75, 3.05) is 4.90 Å². The Bertz CT molecular complexity index is 1840. The summed E-state index contributed by atoms with van der Waals surface area (Å²) in [7, 11) is 0. The highest BCUT2D eigenvalue weighted by Crippen LogP contribution is 2.61. The number of carbonyl (C=O) groups is 3. The van der Waals surface area contributed by atoms with Gasteiger partial charge in [0.15, 0.2) is 17.3 Å². The van der Waals surface area contributed by atoms with E-state index >= 15 is 0 Å². The van der Waals surface area contributed by atoms with Crippen LogP contribution in [0.2, 0.25) is 5.02 Å². The molecule has 1 spiro atoms. The van der Waals surface area contributed by atoms with Crippen molar-refractivity contribution in [2.45, 2.75) is 24.9 Å². The molecule has 0 saturated carbocycles. The second kappa shape index (κ2) is 9.33. The van der Waals surface area contributed by atoms with Crippen molar-refractivity contribution in [3.63, 3.8) is 0 Å². The summed E-state index contributed by atoms with van der Waals surface area (Å²) in [6, 6.07) is 23.2. The Kier molecular flexibility index (Phi) is 5.78. The first-order chi connectivity index (χ1) is 20.2. The molecule has 3 aliphatic rings. The number of benzene rings is 4. The zero-order valence-electron chi connectivity index (χ0n) is 22.4. The van der Waals surface area contributed by atoms with Gasteiger partial charge in [0.2, 0.25) is 0 Å². The predicted octanol–water partition coefficient (Wildman–Crippen LogP) is 6.87. The van der Waals surface area contributed by atoms with E-state index in [0.717, 1.165) is 11.1 Å². The van der Waals surface area contributed by atoms with Crippen LogP contribution in [-0.2, 0) is 0 Å². The normalized spacial score (nSPS) is 21.3. The first-order valence-electron chi connectivity index (χ1n) is 13.5. The number of ketones is 3. The van der Waals surface area contributed by atoms with E-state index in [1.807, 2.05) is 30.0 Å². The quantitative estimate of drug-likeness (QED) is 0.114. The second-order valence-corrected chi connectivity index (χ2v) is 11.4. The monoisotopic (exact) mass is 574 g/mol. The van der Waals surface area contributed by atoms with Crippen LogP contribution in [0.5, 0.6) is 0 Å². The predicted molar refractivity (Wildman–Crippen MR) is 159 cm³/mol. The first-order valence-corrected chi connectivity index (χ1v) is 13.9. The van der Waals surface area contributed by atoms with Crippen molar-refractivity contribution in [2.24, 2.45) is 5.41 Å². The topological polar surface area (TPSA) is 97.6 Å². The molecule has 3 atom stereocenters. The van der Waals surface area contributed by atoms with Gasteiger partial charge in [-0.15, -0.1) is 0 Å². The van der Waals surface area contributed by atoms with Crippen LogP contribution in [0.3, 0.4) is 0 Å². The standard InChI is InChI=1S/C34H23ClN2O5/c1-19-9-11-20(12-10-19)31(38)30-29(22-5-4-6-24(18-22)37(41)42)34(32(39)25-7-2-3-8-26(25)33(34)40)28-16-13-21-17-23(35)14-15-27(21)36(28)30/h2-18,28-30H,1H3/t28-,29-,30-/m0/s1. The molecule has 8 heteroatoms. The molecular weight excluding hydrogens is 552 g/mol. The van der Waals surface area contributed by atoms with E-state index in [4.69, 9.17) is 11.6 Å². The molecular formula is C34H23ClN2O5. The highest BCUT2D eigenvalue weighted by molar-refractivity contribution is 6.32. The number of hydrogen-bond donors (Lipinski definition) is 0. The number of hydrogen-bond acceptors (Lipinski definition) is 6. The lowest BCUT2D eigenvalue weighted by Crippen LogP contribution is -2.48. The summed E-state index contributed by atoms with van der Waals surface area (Å²) < 4.78 is 0. The Hall–Kier alpha value is -4.88. The van der Waals surface area contributed by atoms with Crippen molar-refractivity contribution in [3.8, 4) is 0 Å². The van der Waals surface area contributed by atoms with Gasteiger partial charge in [-0.05, 0) is 36.2 Å². The summed E-state index contributed by atoms with van der Waals surface area (Å²) in [6.07, 6.45) is 3.63. The minimum absolute atomic E-state index is 0.188. The van der Waals surface area contributed by atoms with Crippen LogP contribution >= 0.6 is 11.6 Å². The van der Waals surface area contributed by atoms with E-state index in [9.17, 15) is 24.5 Å². The van der Waals surface area contributed by atoms with E-state index in [-0.39, 0.29) is 22.6 Å². The van der Waals surface area contributed by atoms with Gasteiger partial charge in [0.05, 0.1) is 11.0 Å². The zero-order valence-corrected chi connectivity index (χ0v) is 23.1. The van der Waals surface area contributed by atoms with Gasteiger partial charge in [0, 0.05) is 45.5 Å². The second-order valence-electron chi connectivity index (χ2n) is 11.0. The van der Waals surface area contributed by atoms with E-state index in [1.165, 1.54) is 18.2 Å². The van der Waals surface area contributed by atoms with Crippen molar-refractivity contribution in [3.05, 3.63) is 146 Å². The molecule has 2 aliphatic heterocycles. The molecule has 1 aliphatic carbocycles. The summed E-state index contributed by atoms with van der Waals surface area (Å²) in [5.74, 6) is -2.11. The molecule has 0 bridgehead atoms. The number of rotatable bonds is 4. The number of nitrogens with zero attached hydrogens (tertiary/aromatic N) is 2. The van der Waals surface area contributed by atoms with Gasteiger partial charge in [-0.1, -0.05) is 90.0 Å².